The summed E-state index contributed by atoms with van der Waals surface area (Å²) in [6.07, 6.45) is 1.13. The zero-order valence-electron chi connectivity index (χ0n) is 15.3. The number of hydrogen-bond donors (Lipinski definition) is 0. The molecule has 0 unspecified atom stereocenters. The molecule has 0 radical (unpaired) electrons. The van der Waals surface area contributed by atoms with Crippen LogP contribution in [0.5, 0.6) is 11.5 Å². The van der Waals surface area contributed by atoms with Crippen LogP contribution in [0.25, 0.3) is 10.2 Å². The molecule has 0 N–H and O–H groups in total. The summed E-state index contributed by atoms with van der Waals surface area (Å²) in [6.45, 7) is 3.64. The Morgan fingerprint density at radius 3 is 2.39 bits per heavy atom. The van der Waals surface area contributed by atoms with Gasteiger partial charge in [0.1, 0.15) is 13.2 Å². The van der Waals surface area contributed by atoms with Gasteiger partial charge in [0.25, 0.3) is 5.91 Å². The number of aromatic nitrogens is 1. The molecule has 9 heteroatoms. The first-order valence-corrected chi connectivity index (χ1v) is 11.4. The minimum atomic E-state index is -3.31. The number of nitrogens with zero attached hydrogens (tertiary/aromatic N) is 2. The van der Waals surface area contributed by atoms with E-state index in [0.29, 0.717) is 41.6 Å². The summed E-state index contributed by atoms with van der Waals surface area (Å²) in [7, 11) is -3.31. The van der Waals surface area contributed by atoms with E-state index in [1.807, 2.05) is 23.6 Å². The number of ether oxygens (including phenoxy) is 2. The molecule has 1 aliphatic rings. The fourth-order valence-electron chi connectivity index (χ4n) is 2.99. The molecule has 0 saturated heterocycles. The van der Waals surface area contributed by atoms with Crippen molar-refractivity contribution >= 4 is 37.3 Å². The Kier molecular flexibility index (Phi) is 4.72. The molecule has 3 aromatic rings. The van der Waals surface area contributed by atoms with Crippen molar-refractivity contribution in [1.29, 1.82) is 0 Å². The number of hydrogen-bond acceptors (Lipinski definition) is 6. The summed E-state index contributed by atoms with van der Waals surface area (Å²) in [5, 5.41) is 0. The van der Waals surface area contributed by atoms with Gasteiger partial charge in [0, 0.05) is 30.5 Å². The molecule has 0 bridgehead atoms. The van der Waals surface area contributed by atoms with E-state index in [1.165, 1.54) is 35.6 Å². The zero-order chi connectivity index (χ0) is 19.9. The third-order valence-corrected chi connectivity index (χ3v) is 6.56. The van der Waals surface area contributed by atoms with Crippen LogP contribution in [0.3, 0.4) is 0 Å². The van der Waals surface area contributed by atoms with Crippen LogP contribution in [-0.4, -0.2) is 38.4 Å². The van der Waals surface area contributed by atoms with Crippen molar-refractivity contribution in [3.8, 4) is 11.5 Å². The van der Waals surface area contributed by atoms with Gasteiger partial charge < -0.3 is 14.0 Å². The quantitative estimate of drug-likeness (QED) is 0.653. The predicted molar refractivity (Wildman–Crippen MR) is 106 cm³/mol. The van der Waals surface area contributed by atoms with Gasteiger partial charge in [-0.25, -0.2) is 8.42 Å². The van der Waals surface area contributed by atoms with Gasteiger partial charge >= 0.3 is 0 Å². The summed E-state index contributed by atoms with van der Waals surface area (Å²) in [4.78, 5) is 17.6. The number of thiazole rings is 1. The van der Waals surface area contributed by atoms with Crippen LogP contribution in [0.1, 0.15) is 17.3 Å². The van der Waals surface area contributed by atoms with Crippen LogP contribution in [-0.2, 0) is 16.4 Å². The number of rotatable bonds is 3. The monoisotopic (exact) mass is 418 g/mol. The maximum Gasteiger partial charge on any atom is 0.279 e. The first-order valence-electron chi connectivity index (χ1n) is 8.69. The number of carbonyl (C=O) groups excluding carboxylic acids is 1. The maximum absolute atomic E-state index is 12.6. The van der Waals surface area contributed by atoms with Gasteiger partial charge in [0.05, 0.1) is 15.1 Å². The molecular formula is C19H18N2O5S2. The third kappa shape index (κ3) is 3.43. The summed E-state index contributed by atoms with van der Waals surface area (Å²) < 4.78 is 37.3. The average molecular weight is 418 g/mol. The van der Waals surface area contributed by atoms with Crippen molar-refractivity contribution in [3.05, 3.63) is 46.8 Å². The average Bonchev–Trinajstić information content (AvgIpc) is 3.01. The lowest BCUT2D eigenvalue weighted by Crippen LogP contribution is -2.17. The van der Waals surface area contributed by atoms with E-state index in [2.05, 4.69) is 4.99 Å². The van der Waals surface area contributed by atoms with Crippen molar-refractivity contribution < 1.29 is 22.7 Å². The molecule has 146 valence electrons. The Balaban J connectivity index is 1.77. The SMILES string of the molecule is CCn1c(=NC(=O)c2ccc(S(C)(=O)=O)cc2)sc2cc3c(cc21)OCCO3. The second kappa shape index (κ2) is 7.06. The van der Waals surface area contributed by atoms with E-state index in [9.17, 15) is 13.2 Å². The first-order chi connectivity index (χ1) is 13.4. The van der Waals surface area contributed by atoms with Crippen LogP contribution in [0, 0.1) is 0 Å². The Morgan fingerprint density at radius 2 is 1.79 bits per heavy atom. The number of carbonyl (C=O) groups is 1. The highest BCUT2D eigenvalue weighted by Gasteiger charge is 2.16. The van der Waals surface area contributed by atoms with Crippen molar-refractivity contribution in [2.24, 2.45) is 4.99 Å². The molecule has 28 heavy (non-hydrogen) atoms. The van der Waals surface area contributed by atoms with Gasteiger partial charge in [-0.1, -0.05) is 11.3 Å². The molecule has 1 amide bonds. The molecule has 2 aromatic carbocycles. The number of amides is 1. The standard InChI is InChI=1S/C19H18N2O5S2/c1-3-21-14-10-15-16(26-9-8-25-15)11-17(14)27-19(21)20-18(22)12-4-6-13(7-5-12)28(2,23)24/h4-7,10-11H,3,8-9H2,1-2H3. The Labute approximate surface area is 165 Å². The third-order valence-electron chi connectivity index (χ3n) is 4.39. The Bertz CT molecular complexity index is 1240. The predicted octanol–water partition coefficient (Wildman–Crippen LogP) is 2.64. The van der Waals surface area contributed by atoms with Crippen LogP contribution in [0.15, 0.2) is 46.3 Å². The van der Waals surface area contributed by atoms with Gasteiger partial charge in [-0.2, -0.15) is 4.99 Å². The van der Waals surface area contributed by atoms with Crippen molar-refractivity contribution in [3.63, 3.8) is 0 Å². The number of aryl methyl sites for hydroxylation is 1. The molecule has 1 aromatic heterocycles. The molecule has 7 nitrogen and oxygen atoms in total. The van der Waals surface area contributed by atoms with E-state index >= 15 is 0 Å². The molecule has 2 heterocycles. The van der Waals surface area contributed by atoms with Crippen molar-refractivity contribution in [2.75, 3.05) is 19.5 Å². The zero-order valence-corrected chi connectivity index (χ0v) is 17.0. The fourth-order valence-corrected chi connectivity index (χ4v) is 4.73. The van der Waals surface area contributed by atoms with Gasteiger partial charge in [-0.15, -0.1) is 0 Å². The van der Waals surface area contributed by atoms with Crippen LogP contribution >= 0.6 is 11.3 Å². The van der Waals surface area contributed by atoms with E-state index in [1.54, 1.807) is 0 Å². The van der Waals surface area contributed by atoms with Crippen LogP contribution < -0.4 is 14.3 Å². The van der Waals surface area contributed by atoms with Gasteiger partial charge in [-0.05, 0) is 31.2 Å². The first kappa shape index (κ1) is 18.7. The Morgan fingerprint density at radius 1 is 1.14 bits per heavy atom. The molecule has 4 rings (SSSR count). The molecule has 0 atom stereocenters. The summed E-state index contributed by atoms with van der Waals surface area (Å²) >= 11 is 1.40. The highest BCUT2D eigenvalue weighted by atomic mass is 32.2. The van der Waals surface area contributed by atoms with Gasteiger partial charge in [0.2, 0.25) is 0 Å². The van der Waals surface area contributed by atoms with Crippen LogP contribution in [0.2, 0.25) is 0 Å². The van der Waals surface area contributed by atoms with Gasteiger partial charge in [-0.3, -0.25) is 4.79 Å². The lowest BCUT2D eigenvalue weighted by Gasteiger charge is -2.18. The molecule has 0 spiro atoms. The molecule has 1 aliphatic heterocycles. The topological polar surface area (TPSA) is 87.0 Å². The minimum absolute atomic E-state index is 0.167. The number of sulfone groups is 1. The molecule has 0 saturated carbocycles. The second-order valence-electron chi connectivity index (χ2n) is 6.31. The lowest BCUT2D eigenvalue weighted by atomic mass is 10.2. The fraction of sp³-hybridized carbons (Fsp3) is 0.263. The van der Waals surface area contributed by atoms with Crippen LogP contribution in [0.4, 0.5) is 0 Å². The van der Waals surface area contributed by atoms with E-state index < -0.39 is 15.7 Å². The Hall–Kier alpha value is -2.65. The summed E-state index contributed by atoms with van der Waals surface area (Å²) in [5.74, 6) is 0.955. The van der Waals surface area contributed by atoms with E-state index in [-0.39, 0.29) is 4.90 Å². The van der Waals surface area contributed by atoms with E-state index in [0.717, 1.165) is 16.5 Å². The minimum Gasteiger partial charge on any atom is -0.486 e. The number of fused-ring (bicyclic) bond motifs is 2. The second-order valence-corrected chi connectivity index (χ2v) is 9.33. The summed E-state index contributed by atoms with van der Waals surface area (Å²) in [6, 6.07) is 9.61. The smallest absolute Gasteiger partial charge is 0.279 e. The lowest BCUT2D eigenvalue weighted by molar-refractivity contribution is 0.0997. The normalized spacial score (nSPS) is 14.4. The largest absolute Gasteiger partial charge is 0.486 e. The van der Waals surface area contributed by atoms with E-state index in [4.69, 9.17) is 9.47 Å². The number of benzene rings is 2. The van der Waals surface area contributed by atoms with Crippen molar-refractivity contribution in [2.45, 2.75) is 18.4 Å². The van der Waals surface area contributed by atoms with Crippen molar-refractivity contribution in [1.82, 2.24) is 4.57 Å². The molecule has 0 aliphatic carbocycles. The highest BCUT2D eigenvalue weighted by Crippen LogP contribution is 2.35. The molecular weight excluding hydrogens is 400 g/mol. The molecule has 0 fully saturated rings. The summed E-state index contributed by atoms with van der Waals surface area (Å²) in [5.41, 5.74) is 1.26. The van der Waals surface area contributed by atoms with Gasteiger partial charge in [0.15, 0.2) is 26.1 Å². The maximum atomic E-state index is 12.6. The highest BCUT2D eigenvalue weighted by molar-refractivity contribution is 7.90.